The lowest BCUT2D eigenvalue weighted by molar-refractivity contribution is 0.725. The summed E-state index contributed by atoms with van der Waals surface area (Å²) in [7, 11) is 2.00. The molecular weight excluding hydrogens is 210 g/mol. The van der Waals surface area contributed by atoms with Gasteiger partial charge < -0.3 is 10.3 Å². The highest BCUT2D eigenvalue weighted by atomic mass is 14.9. The van der Waals surface area contributed by atoms with Crippen molar-refractivity contribution < 1.29 is 0 Å². The molecule has 2 aromatic rings. The molecule has 3 heteroatoms. The van der Waals surface area contributed by atoms with Crippen molar-refractivity contribution in [3.05, 3.63) is 29.6 Å². The Hall–Kier alpha value is -1.35. The fourth-order valence-corrected chi connectivity index (χ4v) is 2.09. The summed E-state index contributed by atoms with van der Waals surface area (Å²) in [6, 6.07) is 6.55. The van der Waals surface area contributed by atoms with Crippen LogP contribution in [-0.4, -0.2) is 23.6 Å². The van der Waals surface area contributed by atoms with Gasteiger partial charge in [0, 0.05) is 6.42 Å². The van der Waals surface area contributed by atoms with Crippen LogP contribution in [0.15, 0.2) is 18.2 Å². The first-order chi connectivity index (χ1) is 8.33. The molecule has 92 valence electrons. The van der Waals surface area contributed by atoms with Gasteiger partial charge in [0.25, 0.3) is 0 Å². The Bertz CT molecular complexity index is 473. The molecule has 2 N–H and O–H groups in total. The van der Waals surface area contributed by atoms with Crippen LogP contribution in [0.3, 0.4) is 0 Å². The Morgan fingerprint density at radius 2 is 2.18 bits per heavy atom. The van der Waals surface area contributed by atoms with E-state index in [1.165, 1.54) is 17.5 Å². The molecule has 2 rings (SSSR count). The van der Waals surface area contributed by atoms with Crippen molar-refractivity contribution in [2.45, 2.75) is 32.6 Å². The summed E-state index contributed by atoms with van der Waals surface area (Å²) in [6.07, 6.45) is 4.47. The van der Waals surface area contributed by atoms with Crippen molar-refractivity contribution in [1.82, 2.24) is 15.3 Å². The molecule has 0 saturated heterocycles. The minimum Gasteiger partial charge on any atom is -0.342 e. The average Bonchev–Trinajstić information content (AvgIpc) is 2.71. The minimum absolute atomic E-state index is 1.03. The third kappa shape index (κ3) is 3.07. The molecule has 0 aliphatic rings. The van der Waals surface area contributed by atoms with Crippen LogP contribution in [0.4, 0.5) is 0 Å². The quantitative estimate of drug-likeness (QED) is 0.750. The molecule has 0 radical (unpaired) electrons. The zero-order valence-corrected chi connectivity index (χ0v) is 10.7. The smallest absolute Gasteiger partial charge is 0.107 e. The largest absolute Gasteiger partial charge is 0.342 e. The number of hydrogen-bond donors (Lipinski definition) is 2. The summed E-state index contributed by atoms with van der Waals surface area (Å²) in [6.45, 7) is 3.25. The maximum Gasteiger partial charge on any atom is 0.107 e. The summed E-state index contributed by atoms with van der Waals surface area (Å²) in [5.41, 5.74) is 3.65. The van der Waals surface area contributed by atoms with Gasteiger partial charge in [0.15, 0.2) is 0 Å². The molecule has 0 aliphatic heterocycles. The normalized spacial score (nSPS) is 11.2. The molecule has 0 bridgehead atoms. The van der Waals surface area contributed by atoms with E-state index in [0.717, 1.165) is 37.1 Å². The molecular formula is C14H21N3. The summed E-state index contributed by atoms with van der Waals surface area (Å²) in [4.78, 5) is 7.97. The van der Waals surface area contributed by atoms with Gasteiger partial charge in [-0.2, -0.15) is 0 Å². The van der Waals surface area contributed by atoms with Gasteiger partial charge >= 0.3 is 0 Å². The van der Waals surface area contributed by atoms with Gasteiger partial charge in [0.2, 0.25) is 0 Å². The number of fused-ring (bicyclic) bond motifs is 1. The molecule has 0 saturated carbocycles. The molecule has 1 heterocycles. The second kappa shape index (κ2) is 5.82. The Labute approximate surface area is 103 Å². The topological polar surface area (TPSA) is 40.7 Å². The number of hydrogen-bond acceptors (Lipinski definition) is 2. The van der Waals surface area contributed by atoms with Gasteiger partial charge in [-0.25, -0.2) is 4.98 Å². The van der Waals surface area contributed by atoms with Crippen LogP contribution in [0.25, 0.3) is 11.0 Å². The third-order valence-corrected chi connectivity index (χ3v) is 2.97. The van der Waals surface area contributed by atoms with E-state index in [1.54, 1.807) is 0 Å². The molecule has 0 unspecified atom stereocenters. The van der Waals surface area contributed by atoms with Crippen molar-refractivity contribution in [3.63, 3.8) is 0 Å². The van der Waals surface area contributed by atoms with Crippen molar-refractivity contribution in [1.29, 1.82) is 0 Å². The van der Waals surface area contributed by atoms with Crippen molar-refractivity contribution in [2.75, 3.05) is 13.6 Å². The number of aromatic amines is 1. The highest BCUT2D eigenvalue weighted by Gasteiger charge is 2.02. The van der Waals surface area contributed by atoms with Gasteiger partial charge in [0.1, 0.15) is 5.82 Å². The fourth-order valence-electron chi connectivity index (χ4n) is 2.09. The number of H-pyrrole nitrogens is 1. The predicted octanol–water partition coefficient (Wildman–Crippen LogP) is 2.67. The number of imidazole rings is 1. The summed E-state index contributed by atoms with van der Waals surface area (Å²) in [5.74, 6) is 1.11. The van der Waals surface area contributed by atoms with Crippen LogP contribution in [0.2, 0.25) is 0 Å². The lowest BCUT2D eigenvalue weighted by Gasteiger charge is -2.00. The first-order valence-electron chi connectivity index (χ1n) is 6.45. The number of nitrogens with one attached hydrogen (secondary N) is 2. The zero-order chi connectivity index (χ0) is 12.1. The molecule has 3 nitrogen and oxygen atoms in total. The fraction of sp³-hybridized carbons (Fsp3) is 0.500. The highest BCUT2D eigenvalue weighted by molar-refractivity contribution is 5.75. The van der Waals surface area contributed by atoms with E-state index in [0.29, 0.717) is 0 Å². The van der Waals surface area contributed by atoms with Gasteiger partial charge in [0.05, 0.1) is 11.0 Å². The Morgan fingerprint density at radius 1 is 1.29 bits per heavy atom. The molecule has 0 fully saturated rings. The van der Waals surface area contributed by atoms with Crippen LogP contribution >= 0.6 is 0 Å². The van der Waals surface area contributed by atoms with Crippen molar-refractivity contribution >= 4 is 11.0 Å². The van der Waals surface area contributed by atoms with Gasteiger partial charge in [-0.15, -0.1) is 0 Å². The second-order valence-electron chi connectivity index (χ2n) is 4.49. The summed E-state index contributed by atoms with van der Waals surface area (Å²) in [5, 5.41) is 3.18. The maximum absolute atomic E-state index is 4.57. The first-order valence-corrected chi connectivity index (χ1v) is 6.45. The number of rotatable bonds is 6. The molecule has 0 amide bonds. The lowest BCUT2D eigenvalue weighted by Crippen LogP contribution is -2.08. The van der Waals surface area contributed by atoms with E-state index in [4.69, 9.17) is 0 Å². The summed E-state index contributed by atoms with van der Waals surface area (Å²) >= 11 is 0. The standard InChI is InChI=1S/C14H21N3/c1-3-5-14-16-12-8-7-11(6-4-9-15-2)10-13(12)17-14/h7-8,10,15H,3-6,9H2,1-2H3,(H,16,17). The molecule has 1 aromatic heterocycles. The number of aryl methyl sites for hydroxylation is 2. The van der Waals surface area contributed by atoms with Crippen molar-refractivity contribution in [3.8, 4) is 0 Å². The monoisotopic (exact) mass is 231 g/mol. The number of benzene rings is 1. The Balaban J connectivity index is 2.12. The van der Waals surface area contributed by atoms with Crippen LogP contribution in [0.5, 0.6) is 0 Å². The van der Waals surface area contributed by atoms with Crippen LogP contribution in [0.1, 0.15) is 31.2 Å². The minimum atomic E-state index is 1.03. The van der Waals surface area contributed by atoms with E-state index >= 15 is 0 Å². The predicted molar refractivity (Wildman–Crippen MR) is 72.3 cm³/mol. The van der Waals surface area contributed by atoms with Gasteiger partial charge in [-0.05, 0) is 50.6 Å². The number of nitrogens with zero attached hydrogens (tertiary/aromatic N) is 1. The third-order valence-electron chi connectivity index (χ3n) is 2.97. The first kappa shape index (κ1) is 12.1. The summed E-state index contributed by atoms with van der Waals surface area (Å²) < 4.78 is 0. The van der Waals surface area contributed by atoms with Crippen LogP contribution in [-0.2, 0) is 12.8 Å². The maximum atomic E-state index is 4.57. The van der Waals surface area contributed by atoms with E-state index in [2.05, 4.69) is 40.4 Å². The van der Waals surface area contributed by atoms with Crippen molar-refractivity contribution in [2.24, 2.45) is 0 Å². The number of aromatic nitrogens is 2. The van der Waals surface area contributed by atoms with Crippen LogP contribution < -0.4 is 5.32 Å². The SMILES string of the molecule is CCCc1nc2ccc(CCCNC)cc2[nH]1. The molecule has 0 spiro atoms. The van der Waals surface area contributed by atoms with E-state index in [-0.39, 0.29) is 0 Å². The zero-order valence-electron chi connectivity index (χ0n) is 10.7. The molecule has 17 heavy (non-hydrogen) atoms. The highest BCUT2D eigenvalue weighted by Crippen LogP contribution is 2.15. The molecule has 0 atom stereocenters. The lowest BCUT2D eigenvalue weighted by atomic mass is 10.1. The van der Waals surface area contributed by atoms with E-state index < -0.39 is 0 Å². The second-order valence-corrected chi connectivity index (χ2v) is 4.49. The van der Waals surface area contributed by atoms with Gasteiger partial charge in [-0.1, -0.05) is 13.0 Å². The molecule has 1 aromatic carbocycles. The Morgan fingerprint density at radius 3 is 2.94 bits per heavy atom. The van der Waals surface area contributed by atoms with Crippen LogP contribution in [0, 0.1) is 0 Å². The molecule has 0 aliphatic carbocycles. The van der Waals surface area contributed by atoms with Gasteiger partial charge in [-0.3, -0.25) is 0 Å². The Kier molecular flexibility index (Phi) is 4.15. The average molecular weight is 231 g/mol. The van der Waals surface area contributed by atoms with E-state index in [9.17, 15) is 0 Å². The van der Waals surface area contributed by atoms with E-state index in [1.807, 2.05) is 7.05 Å².